The van der Waals surface area contributed by atoms with Crippen LogP contribution in [0.2, 0.25) is 103 Å². The number of fused-ring (bicyclic) bond motifs is 2. The van der Waals surface area contributed by atoms with E-state index in [2.05, 4.69) is 141 Å². The number of carbonyl (C=O) groups excluding carboxylic acids is 2. The molecule has 2 amide bonds. The molecule has 2 fully saturated rings. The van der Waals surface area contributed by atoms with Crippen molar-refractivity contribution in [2.45, 2.75) is 180 Å². The van der Waals surface area contributed by atoms with Crippen molar-refractivity contribution >= 4 is 95.0 Å². The summed E-state index contributed by atoms with van der Waals surface area (Å²) in [6, 6.07) is 8.41. The molecule has 5 aromatic heterocycles. The van der Waals surface area contributed by atoms with Gasteiger partial charge in [0, 0.05) is 121 Å². The van der Waals surface area contributed by atoms with Gasteiger partial charge in [-0.1, -0.05) is 78.6 Å². The van der Waals surface area contributed by atoms with Crippen LogP contribution in [0.25, 0.3) is 22.4 Å². The van der Waals surface area contributed by atoms with Gasteiger partial charge in [-0.25, -0.2) is 19.6 Å². The first-order valence-electron chi connectivity index (χ1n) is 30.2. The van der Waals surface area contributed by atoms with Crippen LogP contribution >= 0.6 is 15.9 Å². The van der Waals surface area contributed by atoms with E-state index < -0.39 is 49.6 Å². The van der Waals surface area contributed by atoms with E-state index in [0.29, 0.717) is 53.2 Å². The molecule has 2 aliphatic rings. The molecule has 5 aromatic rings. The third-order valence-electron chi connectivity index (χ3n) is 13.9. The molecule has 2 saturated heterocycles. The quantitative estimate of drug-likeness (QED) is 0.0285. The highest BCUT2D eigenvalue weighted by Crippen LogP contribution is 2.33. The van der Waals surface area contributed by atoms with Crippen LogP contribution in [0.15, 0.2) is 41.4 Å². The molecule has 7 heterocycles. The Morgan fingerprint density at radius 2 is 0.953 bits per heavy atom. The van der Waals surface area contributed by atoms with E-state index in [1.807, 2.05) is 82.3 Å². The van der Waals surface area contributed by atoms with E-state index in [0.717, 1.165) is 113 Å². The average molecular weight is 1320 g/mol. The van der Waals surface area contributed by atoms with Crippen LogP contribution in [-0.2, 0) is 35.5 Å². The molecule has 0 saturated carbocycles. The first-order chi connectivity index (χ1) is 39.5. The number of ether oxygens (including phenoxy) is 6. The number of nitrogens with zero attached hydrogens (tertiary/aromatic N) is 12. The summed E-state index contributed by atoms with van der Waals surface area (Å²) in [5.74, 6) is 3.34. The van der Waals surface area contributed by atoms with Gasteiger partial charge in [0.05, 0.1) is 35.1 Å². The van der Waals surface area contributed by atoms with Crippen LogP contribution in [-0.4, -0.2) is 186 Å². The summed E-state index contributed by atoms with van der Waals surface area (Å²) in [6.07, 6.45) is 8.23. The van der Waals surface area contributed by atoms with Crippen molar-refractivity contribution in [3.63, 3.8) is 0 Å². The second-order valence-corrected chi connectivity index (χ2v) is 52.8. The molecule has 0 spiro atoms. The SMILES string of the molecule is CC(C)(C)OC(=O)N[C@H]1CCN(c2cc(N(COCC[Si](C)(C)C)COCC[Si](C)(C)C)n3ncc(Br)c3n2)C1.Cn1cc(-c2cnn3c(N(COCC[Si](C)(C)C)COCC[Si](C)(C)C)cc(N4CC[C@H](NC(=O)OC(C)(C)C)C4)nc23)cn1. The number of alkyl carbamates (subject to hydrolysis) is 2. The molecule has 0 unspecified atom stereocenters. The summed E-state index contributed by atoms with van der Waals surface area (Å²) in [5.41, 5.74) is 2.22. The molecule has 0 radical (unpaired) electrons. The van der Waals surface area contributed by atoms with Crippen molar-refractivity contribution in [2.24, 2.45) is 7.05 Å². The minimum absolute atomic E-state index is 0.0180. The normalized spacial score (nSPS) is 16.3. The highest BCUT2D eigenvalue weighted by atomic mass is 79.9. The predicted molar refractivity (Wildman–Crippen MR) is 357 cm³/mol. The monoisotopic (exact) mass is 1310 g/mol. The summed E-state index contributed by atoms with van der Waals surface area (Å²) >= 11 is 3.63. The summed E-state index contributed by atoms with van der Waals surface area (Å²) in [5, 5.41) is 19.8. The Hall–Kier alpha value is -4.62. The molecule has 0 bridgehead atoms. The lowest BCUT2D eigenvalue weighted by atomic mass is 10.2. The predicted octanol–water partition coefficient (Wildman–Crippen LogP) is 11.7. The Kier molecular flexibility index (Phi) is 24.2. The molecule has 27 heteroatoms. The van der Waals surface area contributed by atoms with Crippen molar-refractivity contribution in [1.82, 2.24) is 49.6 Å². The van der Waals surface area contributed by atoms with Gasteiger partial charge in [0.2, 0.25) is 0 Å². The summed E-state index contributed by atoms with van der Waals surface area (Å²) < 4.78 is 42.2. The number of aryl methyl sites for hydroxylation is 1. The van der Waals surface area contributed by atoms with Crippen LogP contribution < -0.4 is 30.2 Å². The molecule has 85 heavy (non-hydrogen) atoms. The van der Waals surface area contributed by atoms with Gasteiger partial charge in [0.1, 0.15) is 61.4 Å². The number of rotatable bonds is 27. The van der Waals surface area contributed by atoms with Gasteiger partial charge in [0.15, 0.2) is 11.3 Å². The van der Waals surface area contributed by atoms with Crippen LogP contribution in [0.3, 0.4) is 0 Å². The van der Waals surface area contributed by atoms with Crippen LogP contribution in [0, 0.1) is 0 Å². The number of halogens is 1. The number of nitrogens with one attached hydrogen (secondary N) is 2. The van der Waals surface area contributed by atoms with E-state index >= 15 is 0 Å². The minimum Gasteiger partial charge on any atom is -0.444 e. The Labute approximate surface area is 518 Å². The first-order valence-corrected chi connectivity index (χ1v) is 45.8. The van der Waals surface area contributed by atoms with Crippen LogP contribution in [0.5, 0.6) is 0 Å². The van der Waals surface area contributed by atoms with Crippen molar-refractivity contribution in [1.29, 1.82) is 0 Å². The van der Waals surface area contributed by atoms with Gasteiger partial charge in [-0.15, -0.1) is 0 Å². The minimum atomic E-state index is -1.25. The molecule has 0 aromatic carbocycles. The van der Waals surface area contributed by atoms with Gasteiger partial charge in [-0.3, -0.25) is 4.68 Å². The molecule has 476 valence electrons. The fourth-order valence-electron chi connectivity index (χ4n) is 9.05. The third kappa shape index (κ3) is 23.4. The fourth-order valence-corrected chi connectivity index (χ4v) is 12.4. The largest absolute Gasteiger partial charge is 0.444 e. The smallest absolute Gasteiger partial charge is 0.407 e. The van der Waals surface area contributed by atoms with Crippen LogP contribution in [0.1, 0.15) is 54.4 Å². The standard InChI is InChI=1S/C31H54N8O4Si2.C27H49BrN6O4Si2/c1-31(2,3)43-30(40)34-25-11-12-37(21-25)27-17-28(39-29(35-27)26(19-33-39)24-18-32-36(4)20-24)38(22-41-13-15-44(5,6)7)23-42-14-16-45(8,9)10;1-27(2,3)38-26(35)30-21-10-11-32(18-21)23-16-24(34-25(31-23)22(28)17-29-34)33(19-36-12-14-39(4,5)6)20-37-13-15-40(7,8)9/h17-20,25H,11-16,21-23H2,1-10H3,(H,34,40);16-17,21H,10-15,18-20H2,1-9H3,(H,30,35)/t25-;21-/m00/s1. The molecule has 2 atom stereocenters. The fraction of sp³-hybridized carbons (Fsp3) is 0.707. The Balaban J connectivity index is 0.000000274. The maximum Gasteiger partial charge on any atom is 0.407 e. The topological polar surface area (TPSA) is 205 Å². The van der Waals surface area contributed by atoms with E-state index in [1.54, 1.807) is 10.9 Å². The van der Waals surface area contributed by atoms with Crippen molar-refractivity contribution < 1.29 is 38.0 Å². The Morgan fingerprint density at radius 3 is 1.32 bits per heavy atom. The van der Waals surface area contributed by atoms with E-state index in [9.17, 15) is 9.59 Å². The number of anilines is 4. The highest BCUT2D eigenvalue weighted by molar-refractivity contribution is 9.10. The Bertz CT molecular complexity index is 2900. The molecule has 22 nitrogen and oxygen atoms in total. The zero-order valence-corrected chi connectivity index (χ0v) is 60.4. The zero-order chi connectivity index (χ0) is 62.7. The second-order valence-electron chi connectivity index (χ2n) is 29.5. The number of amides is 2. The van der Waals surface area contributed by atoms with Crippen molar-refractivity contribution in [3.05, 3.63) is 41.4 Å². The average Bonchev–Trinajstić information content (AvgIpc) is 2.49. The Morgan fingerprint density at radius 1 is 0.576 bits per heavy atom. The van der Waals surface area contributed by atoms with Gasteiger partial charge in [-0.2, -0.15) is 24.3 Å². The summed E-state index contributed by atoms with van der Waals surface area (Å²) in [7, 11) is -3.01. The third-order valence-corrected chi connectivity index (χ3v) is 21.3. The van der Waals surface area contributed by atoms with E-state index in [1.165, 1.54) is 0 Å². The number of carbonyl (C=O) groups is 2. The summed E-state index contributed by atoms with van der Waals surface area (Å²) in [4.78, 5) is 43.5. The van der Waals surface area contributed by atoms with E-state index in [-0.39, 0.29) is 18.2 Å². The molecular weight excluding hydrogens is 1210 g/mol. The lowest BCUT2D eigenvalue weighted by Crippen LogP contribution is -2.40. The number of aromatic nitrogens is 8. The maximum absolute atomic E-state index is 12.5. The highest BCUT2D eigenvalue weighted by Gasteiger charge is 2.32. The zero-order valence-electron chi connectivity index (χ0n) is 54.9. The lowest BCUT2D eigenvalue weighted by Gasteiger charge is -2.28. The van der Waals surface area contributed by atoms with Crippen LogP contribution in [0.4, 0.5) is 32.9 Å². The molecule has 2 N–H and O–H groups in total. The van der Waals surface area contributed by atoms with Crippen molar-refractivity contribution in [2.75, 3.05) is 99.1 Å². The maximum atomic E-state index is 12.5. The van der Waals surface area contributed by atoms with Crippen molar-refractivity contribution in [3.8, 4) is 11.1 Å². The number of hydrogen-bond acceptors (Lipinski definition) is 17. The second kappa shape index (κ2) is 29.6. The summed E-state index contributed by atoms with van der Waals surface area (Å²) in [6.45, 7) is 46.7. The van der Waals surface area contributed by atoms with Gasteiger partial charge in [0.25, 0.3) is 0 Å². The van der Waals surface area contributed by atoms with E-state index in [4.69, 9.17) is 43.5 Å². The molecular formula is C58H103BrN14O8Si4. The lowest BCUT2D eigenvalue weighted by molar-refractivity contribution is 0.0497. The van der Waals surface area contributed by atoms with Gasteiger partial charge < -0.3 is 58.7 Å². The molecule has 0 aliphatic carbocycles. The molecule has 2 aliphatic heterocycles. The van der Waals surface area contributed by atoms with Gasteiger partial charge >= 0.3 is 12.2 Å². The van der Waals surface area contributed by atoms with Gasteiger partial charge in [-0.05, 0) is 94.5 Å². The first kappa shape index (κ1) is 69.5. The molecule has 7 rings (SSSR count). The number of hydrogen-bond donors (Lipinski definition) is 2.